The molecule has 7 nitrogen and oxygen atoms in total. The topological polar surface area (TPSA) is 79.3 Å². The number of amides is 3. The molecule has 0 aliphatic rings. The Morgan fingerprint density at radius 1 is 1.06 bits per heavy atom. The second-order valence-corrected chi connectivity index (χ2v) is 10.2. The zero-order chi connectivity index (χ0) is 25.8. The third-order valence-corrected chi connectivity index (χ3v) is 5.31. The fraction of sp³-hybridized carbons (Fsp3) is 0.370. The van der Waals surface area contributed by atoms with Gasteiger partial charge in [0, 0.05) is 23.7 Å². The first kappa shape index (κ1) is 25.9. The van der Waals surface area contributed by atoms with Gasteiger partial charge in [0.25, 0.3) is 0 Å². The summed E-state index contributed by atoms with van der Waals surface area (Å²) in [6, 6.07) is 14.9. The average molecular weight is 480 g/mol. The van der Waals surface area contributed by atoms with E-state index in [4.69, 9.17) is 5.10 Å². The predicted molar refractivity (Wildman–Crippen MR) is 137 cm³/mol. The van der Waals surface area contributed by atoms with Crippen LogP contribution in [0.4, 0.5) is 20.7 Å². The fourth-order valence-corrected chi connectivity index (χ4v) is 3.50. The van der Waals surface area contributed by atoms with Crippen LogP contribution in [0.1, 0.15) is 45.9 Å². The minimum Gasteiger partial charge on any atom is -0.315 e. The summed E-state index contributed by atoms with van der Waals surface area (Å²) >= 11 is 0. The van der Waals surface area contributed by atoms with Crippen LogP contribution in [-0.4, -0.2) is 39.7 Å². The molecular weight excluding hydrogens is 445 g/mol. The zero-order valence-electron chi connectivity index (χ0n) is 21.2. The summed E-state index contributed by atoms with van der Waals surface area (Å²) in [7, 11) is 0. The van der Waals surface area contributed by atoms with E-state index < -0.39 is 11.8 Å². The van der Waals surface area contributed by atoms with Crippen molar-refractivity contribution in [2.75, 3.05) is 23.7 Å². The monoisotopic (exact) mass is 479 g/mol. The van der Waals surface area contributed by atoms with Crippen molar-refractivity contribution in [3.8, 4) is 5.69 Å². The SMILES string of the molecule is Cc1ccc(-n2nc(C(C)(C)C)cc2NC(=O)CN(CC(C)C)C(=O)Nc2cccc(F)c2)cc1. The maximum atomic E-state index is 13.5. The Balaban J connectivity index is 1.81. The van der Waals surface area contributed by atoms with E-state index >= 15 is 0 Å². The van der Waals surface area contributed by atoms with E-state index in [0.717, 1.165) is 16.9 Å². The Hall–Kier alpha value is -3.68. The van der Waals surface area contributed by atoms with Gasteiger partial charge in [-0.1, -0.05) is 58.4 Å². The van der Waals surface area contributed by atoms with Gasteiger partial charge in [0.1, 0.15) is 18.2 Å². The maximum absolute atomic E-state index is 13.5. The molecule has 0 fully saturated rings. The quantitative estimate of drug-likeness (QED) is 0.453. The lowest BCUT2D eigenvalue weighted by Gasteiger charge is -2.24. The van der Waals surface area contributed by atoms with Crippen LogP contribution in [0.2, 0.25) is 0 Å². The standard InChI is InChI=1S/C27H34FN5O2/c1-18(2)16-32(26(35)29-21-9-7-8-20(28)14-21)17-25(34)30-24-15-23(27(4,5)6)31-33(24)22-12-10-19(3)11-13-22/h7-15,18H,16-17H2,1-6H3,(H,29,35)(H,30,34). The van der Waals surface area contributed by atoms with Crippen molar-refractivity contribution in [1.82, 2.24) is 14.7 Å². The lowest BCUT2D eigenvalue weighted by molar-refractivity contribution is -0.116. The Kier molecular flexibility index (Phi) is 7.94. The van der Waals surface area contributed by atoms with E-state index in [2.05, 4.69) is 31.4 Å². The maximum Gasteiger partial charge on any atom is 0.322 e. The van der Waals surface area contributed by atoms with Crippen LogP contribution in [0.25, 0.3) is 5.69 Å². The third-order valence-electron chi connectivity index (χ3n) is 5.31. The number of nitrogens with zero attached hydrogens (tertiary/aromatic N) is 3. The summed E-state index contributed by atoms with van der Waals surface area (Å²) in [4.78, 5) is 27.4. The molecule has 0 saturated carbocycles. The van der Waals surface area contributed by atoms with E-state index in [0.29, 0.717) is 18.1 Å². The molecular formula is C27H34FN5O2. The highest BCUT2D eigenvalue weighted by Crippen LogP contribution is 2.26. The fourth-order valence-electron chi connectivity index (χ4n) is 3.50. The molecule has 0 saturated heterocycles. The molecule has 8 heteroatoms. The molecule has 0 aliphatic carbocycles. The van der Waals surface area contributed by atoms with E-state index in [1.54, 1.807) is 10.7 Å². The number of carbonyl (C=O) groups is 2. The molecule has 186 valence electrons. The Bertz CT molecular complexity index is 1180. The number of hydrogen-bond donors (Lipinski definition) is 2. The van der Waals surface area contributed by atoms with Crippen LogP contribution >= 0.6 is 0 Å². The first-order valence-corrected chi connectivity index (χ1v) is 11.7. The van der Waals surface area contributed by atoms with Crippen molar-refractivity contribution < 1.29 is 14.0 Å². The largest absolute Gasteiger partial charge is 0.322 e. The summed E-state index contributed by atoms with van der Waals surface area (Å²) < 4.78 is 15.2. The highest BCUT2D eigenvalue weighted by atomic mass is 19.1. The Labute approximate surface area is 206 Å². The first-order valence-electron chi connectivity index (χ1n) is 11.7. The van der Waals surface area contributed by atoms with Crippen molar-refractivity contribution in [1.29, 1.82) is 0 Å². The van der Waals surface area contributed by atoms with E-state index in [1.807, 2.05) is 51.1 Å². The minimum absolute atomic E-state index is 0.131. The van der Waals surface area contributed by atoms with Crippen LogP contribution in [0.5, 0.6) is 0 Å². The number of aryl methyl sites for hydroxylation is 1. The van der Waals surface area contributed by atoms with Crippen LogP contribution < -0.4 is 10.6 Å². The smallest absolute Gasteiger partial charge is 0.315 e. The number of anilines is 2. The van der Waals surface area contributed by atoms with Crippen molar-refractivity contribution in [3.05, 3.63) is 71.7 Å². The van der Waals surface area contributed by atoms with Gasteiger partial charge in [0.05, 0.1) is 11.4 Å². The molecule has 0 bridgehead atoms. The molecule has 3 rings (SSSR count). The van der Waals surface area contributed by atoms with Gasteiger partial charge in [-0.15, -0.1) is 0 Å². The third kappa shape index (κ3) is 7.15. The van der Waals surface area contributed by atoms with Crippen molar-refractivity contribution >= 4 is 23.4 Å². The molecule has 3 amide bonds. The number of urea groups is 1. The number of halogens is 1. The summed E-state index contributed by atoms with van der Waals surface area (Å²) in [6.07, 6.45) is 0. The number of nitrogens with one attached hydrogen (secondary N) is 2. The number of aromatic nitrogens is 2. The van der Waals surface area contributed by atoms with Crippen molar-refractivity contribution in [3.63, 3.8) is 0 Å². The zero-order valence-corrected chi connectivity index (χ0v) is 21.2. The molecule has 35 heavy (non-hydrogen) atoms. The molecule has 3 aromatic rings. The molecule has 0 atom stereocenters. The normalized spacial score (nSPS) is 11.4. The first-order chi connectivity index (χ1) is 16.4. The molecule has 0 spiro atoms. The number of carbonyl (C=O) groups excluding carboxylic acids is 2. The van der Waals surface area contributed by atoms with Crippen LogP contribution in [0.15, 0.2) is 54.6 Å². The summed E-state index contributed by atoms with van der Waals surface area (Å²) in [6.45, 7) is 12.3. The van der Waals surface area contributed by atoms with E-state index in [-0.39, 0.29) is 23.8 Å². The average Bonchev–Trinajstić information content (AvgIpc) is 3.17. The summed E-state index contributed by atoms with van der Waals surface area (Å²) in [5.74, 6) is -0.144. The lowest BCUT2D eigenvalue weighted by atomic mass is 9.92. The Morgan fingerprint density at radius 3 is 2.34 bits per heavy atom. The lowest BCUT2D eigenvalue weighted by Crippen LogP contribution is -2.42. The van der Waals surface area contributed by atoms with Crippen LogP contribution in [0, 0.1) is 18.7 Å². The molecule has 0 radical (unpaired) electrons. The Morgan fingerprint density at radius 2 is 1.74 bits per heavy atom. The van der Waals surface area contributed by atoms with Gasteiger partial charge in [-0.25, -0.2) is 13.9 Å². The number of hydrogen-bond acceptors (Lipinski definition) is 3. The number of benzene rings is 2. The molecule has 1 aromatic heterocycles. The number of rotatable bonds is 7. The van der Waals surface area contributed by atoms with Crippen LogP contribution in [0.3, 0.4) is 0 Å². The van der Waals surface area contributed by atoms with Gasteiger partial charge < -0.3 is 15.5 Å². The van der Waals surface area contributed by atoms with Gasteiger partial charge >= 0.3 is 6.03 Å². The van der Waals surface area contributed by atoms with Gasteiger partial charge in [-0.2, -0.15) is 5.10 Å². The molecule has 1 heterocycles. The second-order valence-electron chi connectivity index (χ2n) is 10.2. The molecule has 0 aliphatic heterocycles. The highest BCUT2D eigenvalue weighted by molar-refractivity contribution is 5.96. The second kappa shape index (κ2) is 10.7. The van der Waals surface area contributed by atoms with Gasteiger partial charge in [0.2, 0.25) is 5.91 Å². The van der Waals surface area contributed by atoms with Crippen molar-refractivity contribution in [2.45, 2.75) is 47.0 Å². The summed E-state index contributed by atoms with van der Waals surface area (Å²) in [5.41, 5.74) is 2.89. The highest BCUT2D eigenvalue weighted by Gasteiger charge is 2.23. The van der Waals surface area contributed by atoms with E-state index in [9.17, 15) is 14.0 Å². The molecule has 2 aromatic carbocycles. The summed E-state index contributed by atoms with van der Waals surface area (Å²) in [5, 5.41) is 10.3. The van der Waals surface area contributed by atoms with Crippen molar-refractivity contribution in [2.24, 2.45) is 5.92 Å². The van der Waals surface area contributed by atoms with E-state index in [1.165, 1.54) is 23.1 Å². The molecule has 2 N–H and O–H groups in total. The predicted octanol–water partition coefficient (Wildman–Crippen LogP) is 5.75. The van der Waals surface area contributed by atoms with Gasteiger partial charge in [-0.3, -0.25) is 4.79 Å². The molecule has 0 unspecified atom stereocenters. The minimum atomic E-state index is -0.470. The van der Waals surface area contributed by atoms with Crippen LogP contribution in [-0.2, 0) is 10.2 Å². The van der Waals surface area contributed by atoms with Gasteiger partial charge in [0.15, 0.2) is 0 Å². The van der Waals surface area contributed by atoms with Gasteiger partial charge in [-0.05, 0) is 43.2 Å².